The molecule has 3 aromatic carbocycles. The van der Waals surface area contributed by atoms with Crippen molar-refractivity contribution in [3.63, 3.8) is 0 Å². The molecule has 1 amide bonds. The van der Waals surface area contributed by atoms with Gasteiger partial charge in [-0.3, -0.25) is 4.79 Å². The van der Waals surface area contributed by atoms with Crippen LogP contribution < -0.4 is 10.6 Å². The predicted octanol–water partition coefficient (Wildman–Crippen LogP) is 4.28. The molecule has 0 radical (unpaired) electrons. The number of fused-ring (bicyclic) bond motifs is 1. The van der Waals surface area contributed by atoms with E-state index in [1.54, 1.807) is 0 Å². The van der Waals surface area contributed by atoms with E-state index in [4.69, 9.17) is 0 Å². The summed E-state index contributed by atoms with van der Waals surface area (Å²) in [6.45, 7) is 1.86. The van der Waals surface area contributed by atoms with Crippen molar-refractivity contribution in [2.24, 2.45) is 0 Å². The molecule has 0 spiro atoms. The molecule has 0 saturated carbocycles. The van der Waals surface area contributed by atoms with Gasteiger partial charge in [-0.05, 0) is 30.5 Å². The molecule has 0 bridgehead atoms. The topological polar surface area (TPSA) is 41.1 Å². The van der Waals surface area contributed by atoms with Crippen molar-refractivity contribution >= 4 is 28.1 Å². The van der Waals surface area contributed by atoms with Crippen LogP contribution in [0.2, 0.25) is 0 Å². The predicted molar refractivity (Wildman–Crippen MR) is 92.1 cm³/mol. The molecule has 3 nitrogen and oxygen atoms in total. The van der Waals surface area contributed by atoms with Crippen LogP contribution in [0.4, 0.5) is 11.4 Å². The van der Waals surface area contributed by atoms with Gasteiger partial charge in [0.25, 0.3) is 0 Å². The summed E-state index contributed by atoms with van der Waals surface area (Å²) in [6.07, 6.45) is 0. The Morgan fingerprint density at radius 1 is 0.864 bits per heavy atom. The molecule has 0 aromatic heterocycles. The fourth-order valence-electron chi connectivity index (χ4n) is 2.42. The van der Waals surface area contributed by atoms with E-state index in [9.17, 15) is 4.79 Å². The van der Waals surface area contributed by atoms with E-state index in [1.165, 1.54) is 0 Å². The average molecular weight is 290 g/mol. The number of para-hydroxylation sites is 1. The van der Waals surface area contributed by atoms with Gasteiger partial charge in [0.2, 0.25) is 5.91 Å². The minimum atomic E-state index is -0.328. The molecule has 0 heterocycles. The summed E-state index contributed by atoms with van der Waals surface area (Å²) < 4.78 is 0. The Morgan fingerprint density at radius 3 is 2.36 bits per heavy atom. The normalized spacial score (nSPS) is 11.9. The van der Waals surface area contributed by atoms with Crippen molar-refractivity contribution < 1.29 is 4.79 Å². The second-order valence-electron chi connectivity index (χ2n) is 5.25. The lowest BCUT2D eigenvalue weighted by Gasteiger charge is -2.17. The first-order chi connectivity index (χ1) is 10.7. The standard InChI is InChI=1S/C19H18N2O/c1-14(19(22)21-16-10-3-2-4-11-16)20-18-13-7-9-15-8-5-6-12-17(15)18/h2-14,20H,1H3,(H,21,22)/t14-/m0/s1. The van der Waals surface area contributed by atoms with E-state index < -0.39 is 0 Å². The summed E-state index contributed by atoms with van der Waals surface area (Å²) in [4.78, 5) is 12.3. The summed E-state index contributed by atoms with van der Waals surface area (Å²) in [5, 5.41) is 8.47. The third-order valence-corrected chi connectivity index (χ3v) is 3.60. The number of carbonyl (C=O) groups is 1. The molecule has 3 heteroatoms. The smallest absolute Gasteiger partial charge is 0.246 e. The van der Waals surface area contributed by atoms with Crippen molar-refractivity contribution in [1.82, 2.24) is 0 Å². The molecule has 0 saturated heterocycles. The van der Waals surface area contributed by atoms with Gasteiger partial charge in [0.15, 0.2) is 0 Å². The number of hydrogen-bond donors (Lipinski definition) is 2. The van der Waals surface area contributed by atoms with Gasteiger partial charge in [-0.15, -0.1) is 0 Å². The van der Waals surface area contributed by atoms with Crippen LogP contribution in [0.1, 0.15) is 6.92 Å². The minimum absolute atomic E-state index is 0.0564. The number of nitrogens with one attached hydrogen (secondary N) is 2. The van der Waals surface area contributed by atoms with Gasteiger partial charge in [-0.25, -0.2) is 0 Å². The Hall–Kier alpha value is -2.81. The van der Waals surface area contributed by atoms with Gasteiger partial charge in [-0.1, -0.05) is 54.6 Å². The van der Waals surface area contributed by atoms with Crippen LogP contribution in [0.3, 0.4) is 0 Å². The van der Waals surface area contributed by atoms with Crippen molar-refractivity contribution in [2.75, 3.05) is 10.6 Å². The summed E-state index contributed by atoms with van der Waals surface area (Å²) in [6, 6.07) is 23.3. The van der Waals surface area contributed by atoms with Gasteiger partial charge in [0, 0.05) is 16.8 Å². The van der Waals surface area contributed by atoms with Gasteiger partial charge >= 0.3 is 0 Å². The lowest BCUT2D eigenvalue weighted by atomic mass is 10.1. The third-order valence-electron chi connectivity index (χ3n) is 3.60. The molecule has 1 atom stereocenters. The number of benzene rings is 3. The molecule has 0 aliphatic carbocycles. The van der Waals surface area contributed by atoms with E-state index in [2.05, 4.69) is 28.8 Å². The monoisotopic (exact) mass is 290 g/mol. The van der Waals surface area contributed by atoms with Crippen molar-refractivity contribution in [2.45, 2.75) is 13.0 Å². The van der Waals surface area contributed by atoms with E-state index in [0.717, 1.165) is 22.1 Å². The maximum atomic E-state index is 12.3. The number of amides is 1. The lowest BCUT2D eigenvalue weighted by Crippen LogP contribution is -2.31. The van der Waals surface area contributed by atoms with Crippen LogP contribution in [-0.2, 0) is 4.79 Å². The minimum Gasteiger partial charge on any atom is -0.373 e. The molecular weight excluding hydrogens is 272 g/mol. The summed E-state index contributed by atoms with van der Waals surface area (Å²) >= 11 is 0. The van der Waals surface area contributed by atoms with Crippen molar-refractivity contribution in [1.29, 1.82) is 0 Å². The first-order valence-electron chi connectivity index (χ1n) is 7.34. The fraction of sp³-hybridized carbons (Fsp3) is 0.105. The van der Waals surface area contributed by atoms with Crippen molar-refractivity contribution in [3.05, 3.63) is 72.8 Å². The Labute approximate surface area is 130 Å². The highest BCUT2D eigenvalue weighted by atomic mass is 16.2. The molecule has 110 valence electrons. The second kappa shape index (κ2) is 6.31. The third kappa shape index (κ3) is 3.09. The Bertz CT molecular complexity index is 778. The van der Waals surface area contributed by atoms with Crippen LogP contribution in [0.25, 0.3) is 10.8 Å². The molecule has 0 aliphatic heterocycles. The Morgan fingerprint density at radius 2 is 1.55 bits per heavy atom. The first-order valence-corrected chi connectivity index (χ1v) is 7.34. The van der Waals surface area contributed by atoms with E-state index in [-0.39, 0.29) is 11.9 Å². The van der Waals surface area contributed by atoms with E-state index >= 15 is 0 Å². The molecule has 0 aliphatic rings. The Balaban J connectivity index is 1.75. The average Bonchev–Trinajstić information content (AvgIpc) is 2.56. The van der Waals surface area contributed by atoms with Gasteiger partial charge in [0.1, 0.15) is 6.04 Å². The maximum Gasteiger partial charge on any atom is 0.246 e. The highest BCUT2D eigenvalue weighted by Gasteiger charge is 2.13. The number of hydrogen-bond acceptors (Lipinski definition) is 2. The van der Waals surface area contributed by atoms with E-state index in [1.807, 2.05) is 61.5 Å². The fourth-order valence-corrected chi connectivity index (χ4v) is 2.42. The summed E-state index contributed by atoms with van der Waals surface area (Å²) in [5.74, 6) is -0.0564. The molecule has 22 heavy (non-hydrogen) atoms. The lowest BCUT2D eigenvalue weighted by molar-refractivity contribution is -0.116. The molecule has 3 rings (SSSR count). The summed E-state index contributed by atoms with van der Waals surface area (Å²) in [7, 11) is 0. The van der Waals surface area contributed by atoms with Gasteiger partial charge in [0.05, 0.1) is 0 Å². The highest BCUT2D eigenvalue weighted by Crippen LogP contribution is 2.23. The van der Waals surface area contributed by atoms with Gasteiger partial charge < -0.3 is 10.6 Å². The molecule has 2 N–H and O–H groups in total. The van der Waals surface area contributed by atoms with Crippen LogP contribution >= 0.6 is 0 Å². The Kier molecular flexibility index (Phi) is 4.05. The first kappa shape index (κ1) is 14.1. The van der Waals surface area contributed by atoms with Gasteiger partial charge in [-0.2, -0.15) is 0 Å². The molecule has 3 aromatic rings. The maximum absolute atomic E-state index is 12.3. The van der Waals surface area contributed by atoms with Crippen LogP contribution in [0, 0.1) is 0 Å². The summed E-state index contributed by atoms with van der Waals surface area (Å²) in [5.41, 5.74) is 1.77. The zero-order chi connectivity index (χ0) is 15.4. The van der Waals surface area contributed by atoms with Crippen LogP contribution in [-0.4, -0.2) is 11.9 Å². The number of carbonyl (C=O) groups excluding carboxylic acids is 1. The van der Waals surface area contributed by atoms with Crippen molar-refractivity contribution in [3.8, 4) is 0 Å². The van der Waals surface area contributed by atoms with E-state index in [0.29, 0.717) is 0 Å². The van der Waals surface area contributed by atoms with Crippen LogP contribution in [0.15, 0.2) is 72.8 Å². The zero-order valence-corrected chi connectivity index (χ0v) is 12.4. The van der Waals surface area contributed by atoms with Crippen LogP contribution in [0.5, 0.6) is 0 Å². The zero-order valence-electron chi connectivity index (χ0n) is 12.4. The number of anilines is 2. The SMILES string of the molecule is C[C@H](Nc1cccc2ccccc12)C(=O)Nc1ccccc1. The largest absolute Gasteiger partial charge is 0.373 e. The molecular formula is C19H18N2O. The molecule has 0 fully saturated rings. The second-order valence-corrected chi connectivity index (χ2v) is 5.25. The highest BCUT2D eigenvalue weighted by molar-refractivity contribution is 5.99. The number of rotatable bonds is 4. The quantitative estimate of drug-likeness (QED) is 0.753. The molecule has 0 unspecified atom stereocenters.